The molecule has 0 N–H and O–H groups in total. The monoisotopic (exact) mass is 1000 g/mol. The van der Waals surface area contributed by atoms with Crippen LogP contribution in [0.4, 0.5) is 0 Å². The second kappa shape index (κ2) is 59.6. The van der Waals surface area contributed by atoms with E-state index in [1.165, 1.54) is 51.4 Å². The summed E-state index contributed by atoms with van der Waals surface area (Å²) in [5.74, 6) is -1.05. The molecule has 0 bridgehead atoms. The van der Waals surface area contributed by atoms with Gasteiger partial charge in [-0.2, -0.15) is 0 Å². The zero-order valence-electron chi connectivity index (χ0n) is 46.6. The average Bonchev–Trinajstić information content (AvgIpc) is 3.39. The Morgan fingerprint density at radius 3 is 0.836 bits per heavy atom. The quantitative estimate of drug-likeness (QED) is 0.0261. The number of allylic oxidation sites excluding steroid dienone is 26. The largest absolute Gasteiger partial charge is 0.462 e. The number of hydrogen-bond acceptors (Lipinski definition) is 6. The molecule has 1 atom stereocenters. The third-order valence-electron chi connectivity index (χ3n) is 11.5. The fourth-order valence-corrected chi connectivity index (χ4v) is 7.30. The molecule has 0 saturated carbocycles. The van der Waals surface area contributed by atoms with Gasteiger partial charge >= 0.3 is 17.9 Å². The van der Waals surface area contributed by atoms with E-state index in [1.54, 1.807) is 0 Å². The lowest BCUT2D eigenvalue weighted by atomic mass is 10.1. The normalized spacial score (nSPS) is 13.3. The molecule has 0 aromatic rings. The molecular weight excluding hydrogens is 901 g/mol. The number of rotatable bonds is 50. The number of esters is 3. The Balaban J connectivity index is 4.51. The van der Waals surface area contributed by atoms with Gasteiger partial charge in [0.15, 0.2) is 6.10 Å². The third-order valence-corrected chi connectivity index (χ3v) is 11.5. The minimum Gasteiger partial charge on any atom is -0.462 e. The Bertz CT molecular complexity index is 1670. The molecule has 0 amide bonds. The molecule has 0 aliphatic rings. The number of carbonyl (C=O) groups excluding carboxylic acids is 3. The summed E-state index contributed by atoms with van der Waals surface area (Å²) >= 11 is 0. The van der Waals surface area contributed by atoms with Crippen molar-refractivity contribution in [2.75, 3.05) is 13.2 Å². The molecule has 73 heavy (non-hydrogen) atoms. The van der Waals surface area contributed by atoms with Gasteiger partial charge in [-0.1, -0.05) is 237 Å². The van der Waals surface area contributed by atoms with Gasteiger partial charge in [0.25, 0.3) is 0 Å². The van der Waals surface area contributed by atoms with Gasteiger partial charge in [-0.15, -0.1) is 0 Å². The van der Waals surface area contributed by atoms with Crippen LogP contribution in [0.2, 0.25) is 0 Å². The van der Waals surface area contributed by atoms with E-state index < -0.39 is 12.1 Å². The summed E-state index contributed by atoms with van der Waals surface area (Å²) in [5.41, 5.74) is 0. The molecule has 0 radical (unpaired) electrons. The fourth-order valence-electron chi connectivity index (χ4n) is 7.30. The Morgan fingerprint density at radius 1 is 0.274 bits per heavy atom. The van der Waals surface area contributed by atoms with Crippen molar-refractivity contribution in [1.82, 2.24) is 0 Å². The minimum absolute atomic E-state index is 0.127. The zero-order valence-corrected chi connectivity index (χ0v) is 46.6. The first-order valence-corrected chi connectivity index (χ1v) is 29.0. The molecule has 1 unspecified atom stereocenters. The maximum atomic E-state index is 12.8. The Kier molecular flexibility index (Phi) is 55.5. The van der Waals surface area contributed by atoms with Crippen molar-refractivity contribution in [2.45, 2.75) is 232 Å². The topological polar surface area (TPSA) is 78.9 Å². The molecule has 6 nitrogen and oxygen atoms in total. The molecular formula is C67H104O6. The first kappa shape index (κ1) is 68.0. The van der Waals surface area contributed by atoms with Crippen LogP contribution in [0, 0.1) is 0 Å². The second-order valence-electron chi connectivity index (χ2n) is 18.4. The molecule has 0 aromatic heterocycles. The van der Waals surface area contributed by atoms with E-state index in [0.29, 0.717) is 19.3 Å². The van der Waals surface area contributed by atoms with Gasteiger partial charge < -0.3 is 14.2 Å². The fraction of sp³-hybridized carbons (Fsp3) is 0.567. The highest BCUT2D eigenvalue weighted by molar-refractivity contribution is 5.71. The van der Waals surface area contributed by atoms with E-state index in [2.05, 4.69) is 167 Å². The zero-order chi connectivity index (χ0) is 52.9. The second-order valence-corrected chi connectivity index (χ2v) is 18.4. The molecule has 0 spiro atoms. The van der Waals surface area contributed by atoms with Crippen LogP contribution >= 0.6 is 0 Å². The van der Waals surface area contributed by atoms with Crippen molar-refractivity contribution in [1.29, 1.82) is 0 Å². The van der Waals surface area contributed by atoms with Gasteiger partial charge in [-0.05, 0) is 128 Å². The molecule has 0 fully saturated rings. The smallest absolute Gasteiger partial charge is 0.306 e. The molecule has 0 rings (SSSR count). The number of ether oxygens (including phenoxy) is 3. The van der Waals surface area contributed by atoms with E-state index in [-0.39, 0.29) is 31.6 Å². The van der Waals surface area contributed by atoms with Gasteiger partial charge in [0.05, 0.1) is 0 Å². The van der Waals surface area contributed by atoms with Crippen molar-refractivity contribution in [3.05, 3.63) is 158 Å². The van der Waals surface area contributed by atoms with Crippen LogP contribution in [0.3, 0.4) is 0 Å². The van der Waals surface area contributed by atoms with Crippen LogP contribution in [0.5, 0.6) is 0 Å². The molecule has 0 aliphatic carbocycles. The van der Waals surface area contributed by atoms with E-state index in [0.717, 1.165) is 128 Å². The van der Waals surface area contributed by atoms with Gasteiger partial charge in [0.2, 0.25) is 0 Å². The summed E-state index contributed by atoms with van der Waals surface area (Å²) in [4.78, 5) is 38.1. The Labute approximate surface area is 448 Å². The predicted molar refractivity (Wildman–Crippen MR) is 315 cm³/mol. The highest BCUT2D eigenvalue weighted by Gasteiger charge is 2.19. The maximum absolute atomic E-state index is 12.8. The van der Waals surface area contributed by atoms with E-state index in [9.17, 15) is 14.4 Å². The molecule has 0 heterocycles. The Morgan fingerprint density at radius 2 is 0.521 bits per heavy atom. The summed E-state index contributed by atoms with van der Waals surface area (Å²) in [7, 11) is 0. The predicted octanol–water partition coefficient (Wildman–Crippen LogP) is 19.8. The SMILES string of the molecule is CC/C=C\C/C=C\C/C=C\C/C=C\C/C=C\C/C=C\CCC(=O)OC(COC(=O)CCCCC/C=C\C/C=C\C/C=C\CC)COC(=O)CCCCCCCCCCCC/C=C\C/C=C\C/C=C\C/C=C\CC. The van der Waals surface area contributed by atoms with Crippen molar-refractivity contribution >= 4 is 17.9 Å². The van der Waals surface area contributed by atoms with Crippen LogP contribution < -0.4 is 0 Å². The molecule has 408 valence electrons. The summed E-state index contributed by atoms with van der Waals surface area (Å²) in [6.45, 7) is 6.19. The number of hydrogen-bond donors (Lipinski definition) is 0. The molecule has 0 aliphatic heterocycles. The van der Waals surface area contributed by atoms with Crippen molar-refractivity contribution in [3.63, 3.8) is 0 Å². The summed E-state index contributed by atoms with van der Waals surface area (Å²) in [5, 5.41) is 0. The van der Waals surface area contributed by atoms with Crippen LogP contribution in [-0.2, 0) is 28.6 Å². The molecule has 0 aromatic carbocycles. The molecule has 0 saturated heterocycles. The maximum Gasteiger partial charge on any atom is 0.306 e. The van der Waals surface area contributed by atoms with Crippen molar-refractivity contribution in [2.24, 2.45) is 0 Å². The van der Waals surface area contributed by atoms with Crippen LogP contribution in [-0.4, -0.2) is 37.2 Å². The highest BCUT2D eigenvalue weighted by Crippen LogP contribution is 2.14. The number of carbonyl (C=O) groups is 3. The van der Waals surface area contributed by atoms with Crippen molar-refractivity contribution < 1.29 is 28.6 Å². The average molecular weight is 1010 g/mol. The first-order chi connectivity index (χ1) is 36.0. The minimum atomic E-state index is -0.840. The Hall–Kier alpha value is -4.97. The first-order valence-electron chi connectivity index (χ1n) is 29.0. The van der Waals surface area contributed by atoms with E-state index in [4.69, 9.17) is 14.2 Å². The third kappa shape index (κ3) is 57.8. The number of unbranched alkanes of at least 4 members (excludes halogenated alkanes) is 13. The van der Waals surface area contributed by atoms with Gasteiger partial charge in [-0.3, -0.25) is 14.4 Å². The standard InChI is InChI=1S/C67H104O6/c1-4-7-10-13-16-19-22-25-27-29-31-32-33-34-36-37-39-42-45-48-51-54-57-60-66(69)72-63-64(62-71-65(68)59-56-53-50-47-44-41-24-21-18-15-12-9-6-3)73-67(70)61-58-55-52-49-46-43-40-38-35-30-28-26-23-20-17-14-11-8-5-2/h7-12,16-21,25-28,31-32,35,38,41,43-44,46,52,55,64H,4-6,13-15,22-24,29-30,33-34,36-37,39-40,42,45,47-51,53-54,56-63H2,1-3H3/b10-7-,11-8-,12-9-,19-16-,20-17-,21-18-,27-25-,28-26-,32-31-,38-35-,44-41-,46-43-,55-52-. The van der Waals surface area contributed by atoms with Crippen LogP contribution in [0.25, 0.3) is 0 Å². The van der Waals surface area contributed by atoms with Gasteiger partial charge in [0, 0.05) is 19.3 Å². The van der Waals surface area contributed by atoms with E-state index >= 15 is 0 Å². The lowest BCUT2D eigenvalue weighted by Crippen LogP contribution is -2.30. The van der Waals surface area contributed by atoms with Crippen LogP contribution in [0.15, 0.2) is 158 Å². The van der Waals surface area contributed by atoms with Crippen molar-refractivity contribution in [3.8, 4) is 0 Å². The lowest BCUT2D eigenvalue weighted by molar-refractivity contribution is -0.166. The summed E-state index contributed by atoms with van der Waals surface area (Å²) in [6.07, 6.45) is 86.8. The van der Waals surface area contributed by atoms with Gasteiger partial charge in [-0.25, -0.2) is 0 Å². The van der Waals surface area contributed by atoms with Gasteiger partial charge in [0.1, 0.15) is 13.2 Å². The van der Waals surface area contributed by atoms with E-state index in [1.807, 2.05) is 12.2 Å². The lowest BCUT2D eigenvalue weighted by Gasteiger charge is -2.18. The molecule has 6 heteroatoms. The highest BCUT2D eigenvalue weighted by atomic mass is 16.6. The summed E-state index contributed by atoms with van der Waals surface area (Å²) < 4.78 is 16.8. The summed E-state index contributed by atoms with van der Waals surface area (Å²) in [6, 6.07) is 0. The van der Waals surface area contributed by atoms with Crippen LogP contribution in [0.1, 0.15) is 226 Å².